The second kappa shape index (κ2) is 8.97. The number of nitrogens with zero attached hydrogens (tertiary/aromatic N) is 1. The smallest absolute Gasteiger partial charge is 0.334 e. The van der Waals surface area contributed by atoms with Crippen molar-refractivity contribution in [1.29, 1.82) is 0 Å². The molecule has 23 heavy (non-hydrogen) atoms. The van der Waals surface area contributed by atoms with Gasteiger partial charge in [0.15, 0.2) is 0 Å². The maximum atomic E-state index is 12.0. The SMILES string of the molecule is O=C(NCCOCc1ccccc1)N(S)C(=O)c1ccccc1. The summed E-state index contributed by atoms with van der Waals surface area (Å²) in [7, 11) is 0. The highest BCUT2D eigenvalue weighted by atomic mass is 32.1. The van der Waals surface area contributed by atoms with Crippen molar-refractivity contribution in [2.24, 2.45) is 0 Å². The first kappa shape index (κ1) is 17.1. The van der Waals surface area contributed by atoms with Gasteiger partial charge in [-0.1, -0.05) is 61.3 Å². The normalized spacial score (nSPS) is 10.1. The third kappa shape index (κ3) is 5.43. The molecule has 0 saturated heterocycles. The molecule has 5 nitrogen and oxygen atoms in total. The molecule has 0 heterocycles. The number of rotatable bonds is 6. The topological polar surface area (TPSA) is 58.6 Å². The second-order valence-corrected chi connectivity index (χ2v) is 5.15. The average molecular weight is 330 g/mol. The molecule has 0 aromatic heterocycles. The van der Waals surface area contributed by atoms with Crippen LogP contribution in [0.25, 0.3) is 0 Å². The van der Waals surface area contributed by atoms with Crippen LogP contribution in [0.3, 0.4) is 0 Å². The zero-order valence-electron chi connectivity index (χ0n) is 12.5. The van der Waals surface area contributed by atoms with Crippen molar-refractivity contribution < 1.29 is 14.3 Å². The van der Waals surface area contributed by atoms with Gasteiger partial charge in [-0.2, -0.15) is 0 Å². The number of imide groups is 1. The van der Waals surface area contributed by atoms with Crippen LogP contribution in [0.4, 0.5) is 4.79 Å². The van der Waals surface area contributed by atoms with Crippen molar-refractivity contribution in [3.8, 4) is 0 Å². The minimum absolute atomic E-state index is 0.296. The molecule has 0 aliphatic carbocycles. The molecule has 0 bridgehead atoms. The molecule has 2 aromatic carbocycles. The van der Waals surface area contributed by atoms with E-state index in [1.807, 2.05) is 30.3 Å². The van der Waals surface area contributed by atoms with Crippen molar-refractivity contribution in [2.75, 3.05) is 13.2 Å². The fraction of sp³-hybridized carbons (Fsp3) is 0.176. The van der Waals surface area contributed by atoms with Gasteiger partial charge < -0.3 is 10.1 Å². The number of benzene rings is 2. The lowest BCUT2D eigenvalue weighted by molar-refractivity contribution is 0.0890. The molecule has 6 heteroatoms. The predicted molar refractivity (Wildman–Crippen MR) is 91.1 cm³/mol. The molecule has 0 aliphatic heterocycles. The second-order valence-electron chi connectivity index (χ2n) is 4.75. The highest BCUT2D eigenvalue weighted by Gasteiger charge is 2.18. The maximum Gasteiger partial charge on any atom is 0.334 e. The Bertz CT molecular complexity index is 635. The summed E-state index contributed by atoms with van der Waals surface area (Å²) < 4.78 is 6.21. The van der Waals surface area contributed by atoms with Crippen molar-refractivity contribution in [2.45, 2.75) is 6.61 Å². The predicted octanol–water partition coefficient (Wildman–Crippen LogP) is 2.90. The molecule has 3 amide bonds. The van der Waals surface area contributed by atoms with Crippen LogP contribution in [0.2, 0.25) is 0 Å². The summed E-state index contributed by atoms with van der Waals surface area (Å²) in [5.74, 6) is -0.475. The zero-order valence-corrected chi connectivity index (χ0v) is 13.4. The first-order valence-corrected chi connectivity index (χ1v) is 7.56. The largest absolute Gasteiger partial charge is 0.375 e. The summed E-state index contributed by atoms with van der Waals surface area (Å²) in [4.78, 5) is 23.9. The van der Waals surface area contributed by atoms with Crippen molar-refractivity contribution in [1.82, 2.24) is 9.62 Å². The molecule has 1 N–H and O–H groups in total. The minimum Gasteiger partial charge on any atom is -0.375 e. The van der Waals surface area contributed by atoms with E-state index in [4.69, 9.17) is 4.74 Å². The number of urea groups is 1. The van der Waals surface area contributed by atoms with Gasteiger partial charge in [-0.05, 0) is 17.7 Å². The number of carbonyl (C=O) groups excluding carboxylic acids is 2. The average Bonchev–Trinajstić information content (AvgIpc) is 2.61. The van der Waals surface area contributed by atoms with Gasteiger partial charge in [-0.25, -0.2) is 9.10 Å². The van der Waals surface area contributed by atoms with E-state index in [0.717, 1.165) is 9.87 Å². The molecule has 0 atom stereocenters. The molecular formula is C17H18N2O3S. The van der Waals surface area contributed by atoms with Crippen molar-refractivity contribution >= 4 is 24.8 Å². The third-order valence-corrected chi connectivity index (χ3v) is 3.40. The molecule has 2 aromatic rings. The monoisotopic (exact) mass is 330 g/mol. The molecule has 0 radical (unpaired) electrons. The Morgan fingerprint density at radius 2 is 1.61 bits per heavy atom. The maximum absolute atomic E-state index is 12.0. The van der Waals surface area contributed by atoms with Gasteiger partial charge >= 0.3 is 6.03 Å². The van der Waals surface area contributed by atoms with Crippen LogP contribution in [0.1, 0.15) is 15.9 Å². The third-order valence-electron chi connectivity index (χ3n) is 3.04. The Balaban J connectivity index is 1.69. The molecule has 2 rings (SSSR count). The quantitative estimate of drug-likeness (QED) is 0.632. The lowest BCUT2D eigenvalue weighted by Crippen LogP contribution is -2.39. The fourth-order valence-corrected chi connectivity index (χ4v) is 2.05. The van der Waals surface area contributed by atoms with E-state index in [0.29, 0.717) is 25.3 Å². The van der Waals surface area contributed by atoms with E-state index >= 15 is 0 Å². The van der Waals surface area contributed by atoms with Gasteiger partial charge in [0.2, 0.25) is 0 Å². The number of amides is 3. The molecule has 0 fully saturated rings. The van der Waals surface area contributed by atoms with Crippen molar-refractivity contribution in [3.05, 3.63) is 71.8 Å². The Kier molecular flexibility index (Phi) is 6.65. The number of carbonyl (C=O) groups is 2. The number of nitrogens with one attached hydrogen (secondary N) is 1. The summed E-state index contributed by atoms with van der Waals surface area (Å²) >= 11 is 3.94. The van der Waals surface area contributed by atoms with Crippen molar-refractivity contribution in [3.63, 3.8) is 0 Å². The fourth-order valence-electron chi connectivity index (χ4n) is 1.86. The van der Waals surface area contributed by atoms with Crippen LogP contribution < -0.4 is 5.32 Å². The standard InChI is InChI=1S/C17H18N2O3S/c20-16(15-9-5-2-6-10-15)19(23)17(21)18-11-12-22-13-14-7-3-1-4-8-14/h1-10,23H,11-13H2,(H,18,21). The summed E-state index contributed by atoms with van der Waals surface area (Å²) in [6, 6.07) is 17.7. The number of hydrogen-bond donors (Lipinski definition) is 2. The van der Waals surface area contributed by atoms with Gasteiger partial charge in [0.05, 0.1) is 13.2 Å². The van der Waals surface area contributed by atoms with E-state index in [1.165, 1.54) is 0 Å². The molecule has 0 aliphatic rings. The Morgan fingerprint density at radius 3 is 2.26 bits per heavy atom. The summed E-state index contributed by atoms with van der Waals surface area (Å²) in [5.41, 5.74) is 1.46. The van der Waals surface area contributed by atoms with Crippen LogP contribution >= 0.6 is 12.8 Å². The number of ether oxygens (including phenoxy) is 1. The summed E-state index contributed by atoms with van der Waals surface area (Å²) in [5, 5.41) is 2.58. The molecule has 0 spiro atoms. The van der Waals surface area contributed by atoms with Gasteiger partial charge in [-0.15, -0.1) is 0 Å². The van der Waals surface area contributed by atoms with Crippen LogP contribution in [0, 0.1) is 0 Å². The zero-order chi connectivity index (χ0) is 16.5. The van der Waals surface area contributed by atoms with Gasteiger partial charge in [0, 0.05) is 12.1 Å². The van der Waals surface area contributed by atoms with Gasteiger partial charge in [-0.3, -0.25) is 4.79 Å². The Labute approximate surface area is 140 Å². The van der Waals surface area contributed by atoms with E-state index in [2.05, 4.69) is 18.1 Å². The van der Waals surface area contributed by atoms with Gasteiger partial charge in [0.1, 0.15) is 0 Å². The minimum atomic E-state index is -0.578. The molecule has 0 unspecified atom stereocenters. The Morgan fingerprint density at radius 1 is 1.00 bits per heavy atom. The van der Waals surface area contributed by atoms with Crippen LogP contribution in [-0.2, 0) is 11.3 Å². The molecular weight excluding hydrogens is 312 g/mol. The van der Waals surface area contributed by atoms with Crippen LogP contribution in [0.5, 0.6) is 0 Å². The first-order valence-electron chi connectivity index (χ1n) is 7.16. The van der Waals surface area contributed by atoms with E-state index in [9.17, 15) is 9.59 Å². The highest BCUT2D eigenvalue weighted by molar-refractivity contribution is 7.79. The highest BCUT2D eigenvalue weighted by Crippen LogP contribution is 2.07. The van der Waals surface area contributed by atoms with E-state index in [1.54, 1.807) is 30.3 Å². The molecule has 120 valence electrons. The lowest BCUT2D eigenvalue weighted by Gasteiger charge is -2.15. The van der Waals surface area contributed by atoms with Crippen LogP contribution in [-0.4, -0.2) is 29.4 Å². The number of hydrogen-bond acceptors (Lipinski definition) is 4. The van der Waals surface area contributed by atoms with Gasteiger partial charge in [0.25, 0.3) is 5.91 Å². The number of thiol groups is 1. The van der Waals surface area contributed by atoms with E-state index in [-0.39, 0.29) is 0 Å². The van der Waals surface area contributed by atoms with Crippen LogP contribution in [0.15, 0.2) is 60.7 Å². The Hall–Kier alpha value is -2.31. The summed E-state index contributed by atoms with van der Waals surface area (Å²) in [6.07, 6.45) is 0. The lowest BCUT2D eigenvalue weighted by atomic mass is 10.2. The first-order chi connectivity index (χ1) is 11.2. The summed E-state index contributed by atoms with van der Waals surface area (Å²) in [6.45, 7) is 1.12. The molecule has 0 saturated carbocycles. The van der Waals surface area contributed by atoms with E-state index < -0.39 is 11.9 Å².